The van der Waals surface area contributed by atoms with Gasteiger partial charge in [-0.25, -0.2) is 4.68 Å². The fourth-order valence-electron chi connectivity index (χ4n) is 0.798. The molecule has 2 nitrogen and oxygen atoms in total. The molecule has 0 spiro atoms. The zero-order valence-corrected chi connectivity index (χ0v) is 9.30. The Bertz CT molecular complexity index is 298. The molecular weight excluding hydrogens is 218 g/mol. The number of hydrogen-bond acceptors (Lipinski definition) is 1. The SMILES string of the molecule is CC(C)(C)n1nc(Cl)c(Cl)c1Cl. The summed E-state index contributed by atoms with van der Waals surface area (Å²) >= 11 is 17.3. The first-order chi connectivity index (χ1) is 5.34. The van der Waals surface area contributed by atoms with Gasteiger partial charge in [-0.2, -0.15) is 5.10 Å². The van der Waals surface area contributed by atoms with Crippen molar-refractivity contribution in [2.45, 2.75) is 26.3 Å². The van der Waals surface area contributed by atoms with E-state index in [-0.39, 0.29) is 10.7 Å². The van der Waals surface area contributed by atoms with Gasteiger partial charge in [0.25, 0.3) is 0 Å². The summed E-state index contributed by atoms with van der Waals surface area (Å²) in [5.74, 6) is 0. The van der Waals surface area contributed by atoms with Crippen LogP contribution >= 0.6 is 34.8 Å². The van der Waals surface area contributed by atoms with Crippen molar-refractivity contribution in [3.05, 3.63) is 15.3 Å². The number of hydrogen-bond donors (Lipinski definition) is 0. The Morgan fingerprint density at radius 2 is 1.67 bits per heavy atom. The minimum absolute atomic E-state index is 0.201. The number of nitrogens with zero attached hydrogens (tertiary/aromatic N) is 2. The van der Waals surface area contributed by atoms with Gasteiger partial charge in [0.1, 0.15) is 10.2 Å². The Balaban J connectivity index is 3.28. The van der Waals surface area contributed by atoms with E-state index in [1.807, 2.05) is 20.8 Å². The van der Waals surface area contributed by atoms with Crippen LogP contribution in [0.1, 0.15) is 20.8 Å². The van der Waals surface area contributed by atoms with Gasteiger partial charge in [-0.15, -0.1) is 0 Å². The van der Waals surface area contributed by atoms with Gasteiger partial charge in [-0.3, -0.25) is 0 Å². The summed E-state index contributed by atoms with van der Waals surface area (Å²) in [5.41, 5.74) is -0.201. The molecule has 0 unspecified atom stereocenters. The first-order valence-corrected chi connectivity index (χ1v) is 4.57. The third-order valence-electron chi connectivity index (χ3n) is 1.37. The summed E-state index contributed by atoms with van der Waals surface area (Å²) in [7, 11) is 0. The minimum atomic E-state index is -0.201. The van der Waals surface area contributed by atoms with Crippen molar-refractivity contribution in [2.24, 2.45) is 0 Å². The predicted molar refractivity (Wildman–Crippen MR) is 52.3 cm³/mol. The highest BCUT2D eigenvalue weighted by Crippen LogP contribution is 2.32. The highest BCUT2D eigenvalue weighted by atomic mass is 35.5. The summed E-state index contributed by atoms with van der Waals surface area (Å²) < 4.78 is 1.60. The van der Waals surface area contributed by atoms with Crippen LogP contribution in [0.4, 0.5) is 0 Å². The van der Waals surface area contributed by atoms with Crippen molar-refractivity contribution in [2.75, 3.05) is 0 Å². The molecule has 0 N–H and O–H groups in total. The Kier molecular flexibility index (Phi) is 2.62. The number of aromatic nitrogens is 2. The quantitative estimate of drug-likeness (QED) is 0.662. The molecule has 1 aromatic heterocycles. The van der Waals surface area contributed by atoms with Crippen LogP contribution in [0.5, 0.6) is 0 Å². The van der Waals surface area contributed by atoms with E-state index >= 15 is 0 Å². The van der Waals surface area contributed by atoms with Gasteiger partial charge >= 0.3 is 0 Å². The van der Waals surface area contributed by atoms with Gasteiger partial charge in [0.2, 0.25) is 0 Å². The Morgan fingerprint density at radius 1 is 1.17 bits per heavy atom. The minimum Gasteiger partial charge on any atom is -0.246 e. The van der Waals surface area contributed by atoms with Crippen molar-refractivity contribution in [1.82, 2.24) is 9.78 Å². The van der Waals surface area contributed by atoms with Crippen LogP contribution in [-0.4, -0.2) is 9.78 Å². The van der Waals surface area contributed by atoms with Crippen molar-refractivity contribution >= 4 is 34.8 Å². The molecule has 0 saturated carbocycles. The van der Waals surface area contributed by atoms with Crippen molar-refractivity contribution < 1.29 is 0 Å². The van der Waals surface area contributed by atoms with Gasteiger partial charge < -0.3 is 0 Å². The summed E-state index contributed by atoms with van der Waals surface area (Å²) in [6, 6.07) is 0. The van der Waals surface area contributed by atoms with Gasteiger partial charge in [-0.05, 0) is 20.8 Å². The van der Waals surface area contributed by atoms with Crippen molar-refractivity contribution in [1.29, 1.82) is 0 Å². The van der Waals surface area contributed by atoms with E-state index in [0.717, 1.165) is 0 Å². The van der Waals surface area contributed by atoms with Gasteiger partial charge in [0, 0.05) is 0 Å². The van der Waals surface area contributed by atoms with Gasteiger partial charge in [-0.1, -0.05) is 34.8 Å². The molecule has 68 valence electrons. The smallest absolute Gasteiger partial charge is 0.171 e. The Labute approximate surface area is 86.4 Å². The number of rotatable bonds is 0. The highest BCUT2D eigenvalue weighted by Gasteiger charge is 2.21. The molecule has 5 heteroatoms. The molecular formula is C7H9Cl3N2. The van der Waals surface area contributed by atoms with E-state index in [1.54, 1.807) is 4.68 Å². The van der Waals surface area contributed by atoms with Crippen LogP contribution in [0, 0.1) is 0 Å². The molecule has 0 aliphatic rings. The Morgan fingerprint density at radius 3 is 1.83 bits per heavy atom. The largest absolute Gasteiger partial charge is 0.246 e. The average Bonchev–Trinajstić information content (AvgIpc) is 2.15. The van der Waals surface area contributed by atoms with Crippen LogP contribution < -0.4 is 0 Å². The first-order valence-electron chi connectivity index (χ1n) is 3.44. The standard InChI is InChI=1S/C7H9Cl3N2/c1-7(2,3)12-6(10)4(8)5(9)11-12/h1-3H3. The summed E-state index contributed by atoms with van der Waals surface area (Å²) in [4.78, 5) is 0. The van der Waals surface area contributed by atoms with E-state index in [2.05, 4.69) is 5.10 Å². The molecule has 0 aliphatic carbocycles. The normalized spacial score (nSPS) is 12.2. The molecule has 1 aromatic rings. The molecule has 0 saturated heterocycles. The molecule has 0 bridgehead atoms. The molecule has 0 aliphatic heterocycles. The lowest BCUT2D eigenvalue weighted by Gasteiger charge is -2.19. The monoisotopic (exact) mass is 226 g/mol. The van der Waals surface area contributed by atoms with Crippen LogP contribution in [-0.2, 0) is 5.54 Å². The van der Waals surface area contributed by atoms with E-state index in [4.69, 9.17) is 34.8 Å². The van der Waals surface area contributed by atoms with Crippen LogP contribution in [0.15, 0.2) is 0 Å². The molecule has 0 fully saturated rings. The van der Waals surface area contributed by atoms with Crippen LogP contribution in [0.2, 0.25) is 15.3 Å². The van der Waals surface area contributed by atoms with Crippen LogP contribution in [0.3, 0.4) is 0 Å². The first kappa shape index (κ1) is 10.2. The van der Waals surface area contributed by atoms with Crippen molar-refractivity contribution in [3.8, 4) is 0 Å². The zero-order chi connectivity index (χ0) is 9.52. The zero-order valence-electron chi connectivity index (χ0n) is 7.03. The van der Waals surface area contributed by atoms with E-state index < -0.39 is 0 Å². The molecule has 1 heterocycles. The molecule has 1 rings (SSSR count). The molecule has 0 radical (unpaired) electrons. The highest BCUT2D eigenvalue weighted by molar-refractivity contribution is 6.47. The molecule has 0 amide bonds. The Hall–Kier alpha value is 0.0800. The lowest BCUT2D eigenvalue weighted by Crippen LogP contribution is -2.23. The second kappa shape index (κ2) is 3.09. The second-order valence-electron chi connectivity index (χ2n) is 3.48. The summed E-state index contributed by atoms with van der Waals surface area (Å²) in [6.45, 7) is 5.91. The van der Waals surface area contributed by atoms with E-state index in [9.17, 15) is 0 Å². The predicted octanol–water partition coefficient (Wildman–Crippen LogP) is 3.60. The molecule has 0 atom stereocenters. The van der Waals surface area contributed by atoms with E-state index in [0.29, 0.717) is 10.2 Å². The number of halogens is 3. The maximum atomic E-state index is 5.88. The topological polar surface area (TPSA) is 17.8 Å². The maximum Gasteiger partial charge on any atom is 0.171 e. The summed E-state index contributed by atoms with van der Waals surface area (Å²) in [5, 5.41) is 4.94. The fraction of sp³-hybridized carbons (Fsp3) is 0.571. The fourth-order valence-corrected chi connectivity index (χ4v) is 1.51. The summed E-state index contributed by atoms with van der Waals surface area (Å²) in [6.07, 6.45) is 0. The third-order valence-corrected chi connectivity index (χ3v) is 2.54. The van der Waals surface area contributed by atoms with Gasteiger partial charge in [0.05, 0.1) is 5.54 Å². The van der Waals surface area contributed by atoms with Crippen LogP contribution in [0.25, 0.3) is 0 Å². The lowest BCUT2D eigenvalue weighted by molar-refractivity contribution is 0.356. The van der Waals surface area contributed by atoms with E-state index in [1.165, 1.54) is 0 Å². The molecule has 12 heavy (non-hydrogen) atoms. The van der Waals surface area contributed by atoms with Gasteiger partial charge in [0.15, 0.2) is 5.15 Å². The third kappa shape index (κ3) is 1.70. The lowest BCUT2D eigenvalue weighted by atomic mass is 10.1. The second-order valence-corrected chi connectivity index (χ2v) is 4.57. The molecule has 0 aromatic carbocycles. The maximum absolute atomic E-state index is 5.88. The van der Waals surface area contributed by atoms with Crippen molar-refractivity contribution in [3.63, 3.8) is 0 Å². The average molecular weight is 228 g/mol.